The van der Waals surface area contributed by atoms with Crippen LogP contribution in [0.5, 0.6) is 0 Å². The summed E-state index contributed by atoms with van der Waals surface area (Å²) in [5.74, 6) is 0.0689. The molecule has 2 aromatic rings. The van der Waals surface area contributed by atoms with Crippen LogP contribution in [0.1, 0.15) is 35.6 Å². The lowest BCUT2D eigenvalue weighted by Gasteiger charge is -2.27. The summed E-state index contributed by atoms with van der Waals surface area (Å²) in [4.78, 5) is 15.2. The fourth-order valence-electron chi connectivity index (χ4n) is 3.62. The van der Waals surface area contributed by atoms with Crippen LogP contribution in [-0.4, -0.2) is 43.2 Å². The van der Waals surface area contributed by atoms with E-state index in [2.05, 4.69) is 39.8 Å². The Hall–Kier alpha value is -2.21. The summed E-state index contributed by atoms with van der Waals surface area (Å²) in [7, 11) is 0. The fourth-order valence-corrected chi connectivity index (χ4v) is 3.62. The highest BCUT2D eigenvalue weighted by Crippen LogP contribution is 2.22. The Labute approximate surface area is 167 Å². The van der Waals surface area contributed by atoms with Gasteiger partial charge >= 0.3 is 0 Å². The van der Waals surface area contributed by atoms with Crippen LogP contribution >= 0.6 is 0 Å². The molecule has 0 aromatic heterocycles. The Morgan fingerprint density at radius 3 is 2.39 bits per heavy atom. The minimum atomic E-state index is -0.335. The molecule has 0 spiro atoms. The number of hydrogen-bond acceptors (Lipinski definition) is 4. The minimum absolute atomic E-state index is 0.0689. The summed E-state index contributed by atoms with van der Waals surface area (Å²) in [6, 6.07) is 18.5. The van der Waals surface area contributed by atoms with Gasteiger partial charge < -0.3 is 10.1 Å². The molecule has 148 valence electrons. The molecule has 0 radical (unpaired) electrons. The summed E-state index contributed by atoms with van der Waals surface area (Å²) < 4.78 is 5.46. The van der Waals surface area contributed by atoms with Gasteiger partial charge in [0.05, 0.1) is 13.2 Å². The molecule has 1 aliphatic carbocycles. The molecule has 2 fully saturated rings. The number of hydrogen-bond donors (Lipinski definition) is 2. The summed E-state index contributed by atoms with van der Waals surface area (Å²) in [6.07, 6.45) is 2.19. The van der Waals surface area contributed by atoms with Crippen LogP contribution in [0, 0.1) is 0 Å². The molecule has 1 atom stereocenters. The zero-order valence-corrected chi connectivity index (χ0v) is 16.3. The van der Waals surface area contributed by atoms with Gasteiger partial charge in [-0.3, -0.25) is 15.0 Å². The fraction of sp³-hybridized carbons (Fsp3) is 0.435. The number of morpholine rings is 1. The maximum Gasteiger partial charge on any atom is 0.241 e. The normalized spacial score (nSPS) is 18.6. The third-order valence-electron chi connectivity index (χ3n) is 5.43. The Balaban J connectivity index is 1.45. The summed E-state index contributed by atoms with van der Waals surface area (Å²) in [5.41, 5.74) is 3.56. The van der Waals surface area contributed by atoms with Crippen molar-refractivity contribution in [3.63, 3.8) is 0 Å². The molecule has 28 heavy (non-hydrogen) atoms. The minimum Gasteiger partial charge on any atom is -0.379 e. The highest BCUT2D eigenvalue weighted by molar-refractivity contribution is 5.83. The van der Waals surface area contributed by atoms with Crippen molar-refractivity contribution in [1.82, 2.24) is 15.5 Å². The monoisotopic (exact) mass is 379 g/mol. The number of ether oxygens (including phenoxy) is 1. The van der Waals surface area contributed by atoms with Crippen LogP contribution in [0.2, 0.25) is 0 Å². The number of amides is 1. The van der Waals surface area contributed by atoms with Crippen molar-refractivity contribution in [3.8, 4) is 0 Å². The first-order valence-electron chi connectivity index (χ1n) is 10.3. The van der Waals surface area contributed by atoms with Crippen molar-refractivity contribution < 1.29 is 9.53 Å². The van der Waals surface area contributed by atoms with Crippen LogP contribution in [0.15, 0.2) is 54.6 Å². The molecule has 1 amide bonds. The van der Waals surface area contributed by atoms with E-state index in [0.29, 0.717) is 12.6 Å². The largest absolute Gasteiger partial charge is 0.379 e. The highest BCUT2D eigenvalue weighted by Gasteiger charge is 2.28. The first-order chi connectivity index (χ1) is 13.8. The van der Waals surface area contributed by atoms with Gasteiger partial charge in [-0.05, 0) is 29.5 Å². The van der Waals surface area contributed by atoms with E-state index >= 15 is 0 Å². The lowest BCUT2D eigenvalue weighted by Crippen LogP contribution is -2.39. The third kappa shape index (κ3) is 5.19. The van der Waals surface area contributed by atoms with Gasteiger partial charge in [-0.2, -0.15) is 0 Å². The van der Waals surface area contributed by atoms with Gasteiger partial charge in [0.15, 0.2) is 0 Å². The molecule has 5 heteroatoms. The smallest absolute Gasteiger partial charge is 0.241 e. The lowest BCUT2D eigenvalue weighted by atomic mass is 10.0. The second-order valence-electron chi connectivity index (χ2n) is 7.66. The van der Waals surface area contributed by atoms with E-state index in [4.69, 9.17) is 4.74 Å². The van der Waals surface area contributed by atoms with Gasteiger partial charge in [-0.15, -0.1) is 0 Å². The summed E-state index contributed by atoms with van der Waals surface area (Å²) in [5, 5.41) is 6.65. The number of rotatable bonds is 8. The zero-order valence-electron chi connectivity index (χ0n) is 16.3. The summed E-state index contributed by atoms with van der Waals surface area (Å²) in [6.45, 7) is 5.13. The Morgan fingerprint density at radius 2 is 1.68 bits per heavy atom. The van der Waals surface area contributed by atoms with Crippen molar-refractivity contribution in [2.75, 3.05) is 26.3 Å². The van der Waals surface area contributed by atoms with Crippen molar-refractivity contribution >= 4 is 5.91 Å². The van der Waals surface area contributed by atoms with Crippen LogP contribution in [-0.2, 0) is 22.6 Å². The van der Waals surface area contributed by atoms with Gasteiger partial charge in [0.25, 0.3) is 0 Å². The van der Waals surface area contributed by atoms with E-state index in [0.717, 1.165) is 51.3 Å². The van der Waals surface area contributed by atoms with E-state index in [-0.39, 0.29) is 11.9 Å². The molecule has 1 saturated carbocycles. The number of benzene rings is 2. The van der Waals surface area contributed by atoms with Crippen LogP contribution in [0.25, 0.3) is 0 Å². The SMILES string of the molecule is O=C(NC1CC1)C(NCc1ccccc1CN1CCOCC1)c1ccccc1. The van der Waals surface area contributed by atoms with E-state index in [1.807, 2.05) is 30.3 Å². The van der Waals surface area contributed by atoms with E-state index in [1.54, 1.807) is 0 Å². The molecule has 4 rings (SSSR count). The Morgan fingerprint density at radius 1 is 1.00 bits per heavy atom. The van der Waals surface area contributed by atoms with Crippen molar-refractivity contribution in [1.29, 1.82) is 0 Å². The zero-order chi connectivity index (χ0) is 19.2. The number of carbonyl (C=O) groups excluding carboxylic acids is 1. The van der Waals surface area contributed by atoms with E-state index in [1.165, 1.54) is 11.1 Å². The lowest BCUT2D eigenvalue weighted by molar-refractivity contribution is -0.123. The molecule has 2 N–H and O–H groups in total. The van der Waals surface area contributed by atoms with Crippen LogP contribution in [0.4, 0.5) is 0 Å². The van der Waals surface area contributed by atoms with Crippen molar-refractivity contribution in [3.05, 3.63) is 71.3 Å². The quantitative estimate of drug-likeness (QED) is 0.740. The molecular formula is C23H29N3O2. The topological polar surface area (TPSA) is 53.6 Å². The first kappa shape index (κ1) is 19.1. The molecule has 1 aliphatic heterocycles. The van der Waals surface area contributed by atoms with Crippen LogP contribution in [0.3, 0.4) is 0 Å². The Bertz CT molecular complexity index is 770. The molecule has 1 heterocycles. The molecule has 2 aliphatic rings. The van der Waals surface area contributed by atoms with E-state index < -0.39 is 0 Å². The standard InChI is InChI=1S/C23H29N3O2/c27-23(25-21-10-11-21)22(18-6-2-1-3-7-18)24-16-19-8-4-5-9-20(19)17-26-12-14-28-15-13-26/h1-9,21-22,24H,10-17H2,(H,25,27). The predicted octanol–water partition coefficient (Wildman–Crippen LogP) is 2.63. The molecule has 1 unspecified atom stereocenters. The van der Waals surface area contributed by atoms with Gasteiger partial charge in [0.2, 0.25) is 5.91 Å². The second kappa shape index (κ2) is 9.32. The Kier molecular flexibility index (Phi) is 6.37. The number of nitrogens with zero attached hydrogens (tertiary/aromatic N) is 1. The predicted molar refractivity (Wildman–Crippen MR) is 110 cm³/mol. The van der Waals surface area contributed by atoms with E-state index in [9.17, 15) is 4.79 Å². The second-order valence-corrected chi connectivity index (χ2v) is 7.66. The van der Waals surface area contributed by atoms with Gasteiger partial charge in [-0.25, -0.2) is 0 Å². The number of nitrogens with one attached hydrogen (secondary N) is 2. The van der Waals surface area contributed by atoms with Crippen molar-refractivity contribution in [2.24, 2.45) is 0 Å². The van der Waals surface area contributed by atoms with Crippen LogP contribution < -0.4 is 10.6 Å². The molecule has 1 saturated heterocycles. The first-order valence-corrected chi connectivity index (χ1v) is 10.3. The number of carbonyl (C=O) groups is 1. The average Bonchev–Trinajstić information content (AvgIpc) is 3.55. The average molecular weight is 380 g/mol. The van der Waals surface area contributed by atoms with Gasteiger partial charge in [-0.1, -0.05) is 54.6 Å². The maximum absolute atomic E-state index is 12.8. The van der Waals surface area contributed by atoms with Gasteiger partial charge in [0.1, 0.15) is 6.04 Å². The molecule has 0 bridgehead atoms. The molecule has 5 nitrogen and oxygen atoms in total. The molecular weight excluding hydrogens is 350 g/mol. The highest BCUT2D eigenvalue weighted by atomic mass is 16.5. The van der Waals surface area contributed by atoms with Gasteiger partial charge in [0, 0.05) is 32.2 Å². The molecule has 2 aromatic carbocycles. The van der Waals surface area contributed by atoms with Crippen molar-refractivity contribution in [2.45, 2.75) is 38.0 Å². The summed E-state index contributed by atoms with van der Waals surface area (Å²) >= 11 is 0. The third-order valence-corrected chi connectivity index (χ3v) is 5.43. The maximum atomic E-state index is 12.8.